The molecule has 21 heavy (non-hydrogen) atoms. The normalized spacial score (nSPS) is 11.8. The summed E-state index contributed by atoms with van der Waals surface area (Å²) in [5.74, 6) is -0.386. The van der Waals surface area contributed by atoms with E-state index in [-0.39, 0.29) is 16.6 Å². The van der Waals surface area contributed by atoms with Crippen LogP contribution in [0.25, 0.3) is 0 Å². The second kappa shape index (κ2) is 5.74. The van der Waals surface area contributed by atoms with Gasteiger partial charge in [0.2, 0.25) is 5.09 Å². The van der Waals surface area contributed by atoms with Crippen molar-refractivity contribution in [1.82, 2.24) is 14.2 Å². The van der Waals surface area contributed by atoms with E-state index in [9.17, 15) is 13.2 Å². The van der Waals surface area contributed by atoms with Crippen LogP contribution in [0, 0.1) is 0 Å². The Labute approximate surface area is 123 Å². The molecule has 1 amide bonds. The Balaban J connectivity index is 2.06. The average molecular weight is 311 g/mol. The molecule has 0 spiro atoms. The first-order valence-corrected chi connectivity index (χ1v) is 7.65. The van der Waals surface area contributed by atoms with Gasteiger partial charge < -0.3 is 14.3 Å². The lowest BCUT2D eigenvalue weighted by Crippen LogP contribution is -2.23. The first-order chi connectivity index (χ1) is 9.80. The van der Waals surface area contributed by atoms with Crippen LogP contribution in [-0.4, -0.2) is 37.3 Å². The SMILES string of the molecule is CN(C)S(=O)(=O)c1cc(C(=O)NCc2ccn(C)c2)co1. The molecule has 0 aromatic carbocycles. The molecule has 0 aliphatic carbocycles. The smallest absolute Gasteiger partial charge is 0.275 e. The van der Waals surface area contributed by atoms with Gasteiger partial charge in [-0.25, -0.2) is 12.7 Å². The number of rotatable bonds is 5. The van der Waals surface area contributed by atoms with Crippen LogP contribution in [0.3, 0.4) is 0 Å². The summed E-state index contributed by atoms with van der Waals surface area (Å²) in [5, 5.41) is 2.45. The highest BCUT2D eigenvalue weighted by Crippen LogP contribution is 2.16. The van der Waals surface area contributed by atoms with Crippen LogP contribution in [0.5, 0.6) is 0 Å². The van der Waals surface area contributed by atoms with Gasteiger partial charge in [0.1, 0.15) is 6.26 Å². The monoisotopic (exact) mass is 311 g/mol. The van der Waals surface area contributed by atoms with E-state index >= 15 is 0 Å². The summed E-state index contributed by atoms with van der Waals surface area (Å²) in [6, 6.07) is 3.10. The minimum absolute atomic E-state index is 0.173. The van der Waals surface area contributed by atoms with E-state index in [1.54, 1.807) is 0 Å². The zero-order valence-electron chi connectivity index (χ0n) is 12.0. The van der Waals surface area contributed by atoms with Gasteiger partial charge in [-0.2, -0.15) is 0 Å². The Morgan fingerprint density at radius 1 is 1.43 bits per heavy atom. The van der Waals surface area contributed by atoms with Crippen molar-refractivity contribution in [3.63, 3.8) is 0 Å². The Hall–Kier alpha value is -2.06. The number of furan rings is 1. The van der Waals surface area contributed by atoms with Crippen LogP contribution in [-0.2, 0) is 23.6 Å². The standard InChI is InChI=1S/C13H17N3O4S/c1-15(2)21(18,19)12-6-11(9-20-12)13(17)14-7-10-4-5-16(3)8-10/h4-6,8-9H,7H2,1-3H3,(H,14,17). The first kappa shape index (κ1) is 15.3. The van der Waals surface area contributed by atoms with Gasteiger partial charge in [0.05, 0.1) is 5.56 Å². The second-order valence-electron chi connectivity index (χ2n) is 4.81. The minimum atomic E-state index is -3.67. The van der Waals surface area contributed by atoms with E-state index in [0.717, 1.165) is 16.1 Å². The molecule has 2 heterocycles. The van der Waals surface area contributed by atoms with Gasteiger partial charge >= 0.3 is 0 Å². The summed E-state index contributed by atoms with van der Waals surface area (Å²) in [5.41, 5.74) is 1.13. The molecule has 2 rings (SSSR count). The van der Waals surface area contributed by atoms with Gasteiger partial charge in [0, 0.05) is 46.1 Å². The van der Waals surface area contributed by atoms with Gasteiger partial charge in [-0.3, -0.25) is 4.79 Å². The lowest BCUT2D eigenvalue weighted by atomic mass is 10.3. The van der Waals surface area contributed by atoms with Crippen molar-refractivity contribution in [3.8, 4) is 0 Å². The molecule has 0 aliphatic rings. The highest BCUT2D eigenvalue weighted by atomic mass is 32.2. The van der Waals surface area contributed by atoms with Crippen LogP contribution >= 0.6 is 0 Å². The van der Waals surface area contributed by atoms with Crippen molar-refractivity contribution < 1.29 is 17.6 Å². The van der Waals surface area contributed by atoms with E-state index in [4.69, 9.17) is 4.42 Å². The number of carbonyl (C=O) groups excluding carboxylic acids is 1. The predicted molar refractivity (Wildman–Crippen MR) is 76.2 cm³/mol. The van der Waals surface area contributed by atoms with E-state index < -0.39 is 10.0 Å². The molecule has 7 nitrogen and oxygen atoms in total. The number of hydrogen-bond donors (Lipinski definition) is 1. The number of sulfonamides is 1. The fourth-order valence-corrected chi connectivity index (χ4v) is 2.51. The van der Waals surface area contributed by atoms with Crippen molar-refractivity contribution in [2.45, 2.75) is 11.6 Å². The number of aryl methyl sites for hydroxylation is 1. The molecule has 0 saturated carbocycles. The van der Waals surface area contributed by atoms with Crippen LogP contribution < -0.4 is 5.32 Å². The van der Waals surface area contributed by atoms with Crippen LogP contribution in [0.15, 0.2) is 40.3 Å². The molecule has 114 valence electrons. The minimum Gasteiger partial charge on any atom is -0.451 e. The lowest BCUT2D eigenvalue weighted by molar-refractivity contribution is 0.0950. The topological polar surface area (TPSA) is 84.5 Å². The highest BCUT2D eigenvalue weighted by molar-refractivity contribution is 7.88. The zero-order chi connectivity index (χ0) is 15.6. The third-order valence-corrected chi connectivity index (χ3v) is 4.60. The van der Waals surface area contributed by atoms with Crippen LogP contribution in [0.1, 0.15) is 15.9 Å². The Bertz CT molecular complexity index is 743. The molecule has 8 heteroatoms. The molecule has 2 aromatic rings. The second-order valence-corrected chi connectivity index (χ2v) is 6.89. The van der Waals surface area contributed by atoms with Crippen LogP contribution in [0.2, 0.25) is 0 Å². The van der Waals surface area contributed by atoms with Crippen molar-refractivity contribution in [2.75, 3.05) is 14.1 Å². The predicted octanol–water partition coefficient (Wildman–Crippen LogP) is 0.798. The summed E-state index contributed by atoms with van der Waals surface area (Å²) in [6.07, 6.45) is 4.90. The number of aromatic nitrogens is 1. The number of nitrogens with one attached hydrogen (secondary N) is 1. The molecule has 0 atom stereocenters. The molecule has 0 bridgehead atoms. The fraction of sp³-hybridized carbons (Fsp3) is 0.308. The first-order valence-electron chi connectivity index (χ1n) is 6.21. The third-order valence-electron chi connectivity index (χ3n) is 2.92. The van der Waals surface area contributed by atoms with E-state index in [1.807, 2.05) is 30.1 Å². The molecule has 1 N–H and O–H groups in total. The number of amides is 1. The lowest BCUT2D eigenvalue weighted by Gasteiger charge is -2.07. The van der Waals surface area contributed by atoms with Gasteiger partial charge in [-0.05, 0) is 11.6 Å². The number of hydrogen-bond acceptors (Lipinski definition) is 4. The summed E-state index contributed by atoms with van der Waals surface area (Å²) >= 11 is 0. The van der Waals surface area contributed by atoms with Gasteiger partial charge in [-0.1, -0.05) is 0 Å². The summed E-state index contributed by atoms with van der Waals surface area (Å²) in [6.45, 7) is 0.362. The quantitative estimate of drug-likeness (QED) is 0.885. The van der Waals surface area contributed by atoms with E-state index in [2.05, 4.69) is 5.32 Å². The molecule has 0 aliphatic heterocycles. The Kier molecular flexibility index (Phi) is 4.19. The molecule has 2 aromatic heterocycles. The van der Waals surface area contributed by atoms with E-state index in [0.29, 0.717) is 6.54 Å². The van der Waals surface area contributed by atoms with Gasteiger partial charge in [0.15, 0.2) is 0 Å². The fourth-order valence-electron chi connectivity index (χ4n) is 1.70. The maximum Gasteiger partial charge on any atom is 0.275 e. The van der Waals surface area contributed by atoms with E-state index in [1.165, 1.54) is 20.2 Å². The average Bonchev–Trinajstić information content (AvgIpc) is 3.04. The maximum absolute atomic E-state index is 11.9. The number of carbonyl (C=O) groups is 1. The largest absolute Gasteiger partial charge is 0.451 e. The van der Waals surface area contributed by atoms with Crippen LogP contribution in [0.4, 0.5) is 0 Å². The molecule has 0 radical (unpaired) electrons. The van der Waals surface area contributed by atoms with Crippen molar-refractivity contribution in [1.29, 1.82) is 0 Å². The zero-order valence-corrected chi connectivity index (χ0v) is 12.8. The van der Waals surface area contributed by atoms with Crippen molar-refractivity contribution in [3.05, 3.63) is 41.9 Å². The van der Waals surface area contributed by atoms with Crippen molar-refractivity contribution >= 4 is 15.9 Å². The van der Waals surface area contributed by atoms with Gasteiger partial charge in [0.25, 0.3) is 15.9 Å². The van der Waals surface area contributed by atoms with Crippen molar-refractivity contribution in [2.24, 2.45) is 7.05 Å². The summed E-state index contributed by atoms with van der Waals surface area (Å²) in [7, 11) is 1.01. The highest BCUT2D eigenvalue weighted by Gasteiger charge is 2.23. The molecular weight excluding hydrogens is 294 g/mol. The molecule has 0 saturated heterocycles. The molecule has 0 unspecified atom stereocenters. The molecule has 0 fully saturated rings. The summed E-state index contributed by atoms with van der Waals surface area (Å²) in [4.78, 5) is 11.9. The van der Waals surface area contributed by atoms with Gasteiger partial charge in [-0.15, -0.1) is 0 Å². The third kappa shape index (κ3) is 3.34. The maximum atomic E-state index is 11.9. The number of nitrogens with zero attached hydrogens (tertiary/aromatic N) is 2. The Morgan fingerprint density at radius 3 is 2.71 bits per heavy atom. The molecular formula is C13H17N3O4S. The Morgan fingerprint density at radius 2 is 2.14 bits per heavy atom. The summed E-state index contributed by atoms with van der Waals surface area (Å²) < 4.78 is 31.6.